The molecule has 1 heterocycles. The van der Waals surface area contributed by atoms with Crippen LogP contribution < -0.4 is 5.73 Å². The largest absolute Gasteiger partial charge is 0.334 e. The molecule has 2 aromatic rings. The van der Waals surface area contributed by atoms with Gasteiger partial charge in [0, 0.05) is 10.9 Å². The number of nitrogens with zero attached hydrogens (tertiary/aromatic N) is 2. The van der Waals surface area contributed by atoms with Crippen LogP contribution in [0.2, 0.25) is 0 Å². The van der Waals surface area contributed by atoms with Crippen LogP contribution >= 0.6 is 15.9 Å². The third kappa shape index (κ3) is 2.89. The van der Waals surface area contributed by atoms with Crippen LogP contribution in [-0.4, -0.2) is 16.7 Å². The monoisotopic (exact) mass is 299 g/mol. The lowest BCUT2D eigenvalue weighted by molar-refractivity contribution is 0.419. The molecule has 90 valence electrons. The van der Waals surface area contributed by atoms with Crippen LogP contribution in [0.15, 0.2) is 27.2 Å². The maximum Gasteiger partial charge on any atom is 0.260 e. The highest BCUT2D eigenvalue weighted by atomic mass is 79.9. The van der Waals surface area contributed by atoms with E-state index in [0.717, 1.165) is 10.9 Å². The number of halogens is 2. The maximum absolute atomic E-state index is 13.5. The molecule has 4 nitrogen and oxygen atoms in total. The van der Waals surface area contributed by atoms with Gasteiger partial charge >= 0.3 is 0 Å². The van der Waals surface area contributed by atoms with E-state index in [4.69, 9.17) is 10.3 Å². The smallest absolute Gasteiger partial charge is 0.260 e. The number of aryl methyl sites for hydroxylation is 1. The summed E-state index contributed by atoms with van der Waals surface area (Å²) in [6, 6.07) is 4.57. The molecule has 17 heavy (non-hydrogen) atoms. The van der Waals surface area contributed by atoms with Gasteiger partial charge in [0.15, 0.2) is 5.82 Å². The second-order valence-corrected chi connectivity index (χ2v) is 4.45. The summed E-state index contributed by atoms with van der Waals surface area (Å²) in [7, 11) is 0. The lowest BCUT2D eigenvalue weighted by atomic mass is 10.2. The van der Waals surface area contributed by atoms with E-state index in [1.165, 1.54) is 6.07 Å². The molecule has 6 heteroatoms. The van der Waals surface area contributed by atoms with Gasteiger partial charge in [0.25, 0.3) is 5.89 Å². The number of benzene rings is 1. The average molecular weight is 300 g/mol. The van der Waals surface area contributed by atoms with Gasteiger partial charge < -0.3 is 10.3 Å². The molecule has 0 aliphatic heterocycles. The topological polar surface area (TPSA) is 64.9 Å². The van der Waals surface area contributed by atoms with E-state index >= 15 is 0 Å². The first kappa shape index (κ1) is 12.2. The molecule has 1 aromatic heterocycles. The Bertz CT molecular complexity index is 515. The quantitative estimate of drug-likeness (QED) is 0.942. The lowest BCUT2D eigenvalue weighted by Crippen LogP contribution is -2.01. The normalized spacial score (nSPS) is 10.8. The molecule has 0 spiro atoms. The fourth-order valence-corrected chi connectivity index (χ4v) is 1.75. The summed E-state index contributed by atoms with van der Waals surface area (Å²) in [6.07, 6.45) is 1.41. The van der Waals surface area contributed by atoms with E-state index in [9.17, 15) is 4.39 Å². The molecular formula is C11H11BrFN3O. The second-order valence-electron chi connectivity index (χ2n) is 3.53. The minimum absolute atomic E-state index is 0.191. The Labute approximate surface area is 106 Å². The number of rotatable bonds is 4. The van der Waals surface area contributed by atoms with Gasteiger partial charge in [-0.25, -0.2) is 4.39 Å². The number of nitrogens with two attached hydrogens (primary N) is 1. The van der Waals surface area contributed by atoms with Crippen molar-refractivity contribution in [3.8, 4) is 11.5 Å². The Hall–Kier alpha value is -1.27. The van der Waals surface area contributed by atoms with Gasteiger partial charge in [0.1, 0.15) is 5.82 Å². The Kier molecular flexibility index (Phi) is 3.86. The van der Waals surface area contributed by atoms with Gasteiger partial charge in [-0.15, -0.1) is 0 Å². The summed E-state index contributed by atoms with van der Waals surface area (Å²) < 4.78 is 19.3. The van der Waals surface area contributed by atoms with E-state index in [1.54, 1.807) is 12.1 Å². The molecule has 0 radical (unpaired) electrons. The lowest BCUT2D eigenvalue weighted by Gasteiger charge is -1.97. The van der Waals surface area contributed by atoms with Crippen LogP contribution in [0.4, 0.5) is 4.39 Å². The SMILES string of the molecule is NCCCc1noc(-c2cc(Br)ccc2F)n1. The first-order valence-corrected chi connectivity index (χ1v) is 5.98. The highest BCUT2D eigenvalue weighted by molar-refractivity contribution is 9.10. The summed E-state index contributed by atoms with van der Waals surface area (Å²) in [5.41, 5.74) is 5.68. The van der Waals surface area contributed by atoms with Crippen molar-refractivity contribution in [3.05, 3.63) is 34.3 Å². The number of hydrogen-bond acceptors (Lipinski definition) is 4. The Morgan fingerprint density at radius 3 is 3.00 bits per heavy atom. The van der Waals surface area contributed by atoms with Gasteiger partial charge in [0.05, 0.1) is 5.56 Å². The molecule has 0 amide bonds. The van der Waals surface area contributed by atoms with Gasteiger partial charge in [-0.05, 0) is 31.2 Å². The summed E-state index contributed by atoms with van der Waals surface area (Å²) >= 11 is 3.27. The van der Waals surface area contributed by atoms with Gasteiger partial charge in [-0.2, -0.15) is 4.98 Å². The molecular weight excluding hydrogens is 289 g/mol. The first-order valence-electron chi connectivity index (χ1n) is 5.19. The zero-order valence-corrected chi connectivity index (χ0v) is 10.6. The highest BCUT2D eigenvalue weighted by Crippen LogP contribution is 2.24. The summed E-state index contributed by atoms with van der Waals surface area (Å²) in [5.74, 6) is 0.350. The fourth-order valence-electron chi connectivity index (χ4n) is 1.39. The van der Waals surface area contributed by atoms with E-state index < -0.39 is 0 Å². The molecule has 0 fully saturated rings. The Morgan fingerprint density at radius 2 is 2.24 bits per heavy atom. The minimum atomic E-state index is -0.387. The van der Waals surface area contributed by atoms with Crippen molar-refractivity contribution in [1.82, 2.24) is 10.1 Å². The second kappa shape index (κ2) is 5.37. The summed E-state index contributed by atoms with van der Waals surface area (Å²) in [6.45, 7) is 0.565. The molecule has 1 aromatic carbocycles. The van der Waals surface area contributed by atoms with Crippen LogP contribution in [0.25, 0.3) is 11.5 Å². The van der Waals surface area contributed by atoms with Crippen molar-refractivity contribution < 1.29 is 8.91 Å². The van der Waals surface area contributed by atoms with Crippen molar-refractivity contribution in [3.63, 3.8) is 0 Å². The molecule has 0 aliphatic carbocycles. The van der Waals surface area contributed by atoms with Crippen molar-refractivity contribution in [1.29, 1.82) is 0 Å². The van der Waals surface area contributed by atoms with Crippen LogP contribution in [0.3, 0.4) is 0 Å². The average Bonchev–Trinajstić information content (AvgIpc) is 2.78. The van der Waals surface area contributed by atoms with Crippen LogP contribution in [0.5, 0.6) is 0 Å². The van der Waals surface area contributed by atoms with Gasteiger partial charge in [-0.3, -0.25) is 0 Å². The van der Waals surface area contributed by atoms with Gasteiger partial charge in [-0.1, -0.05) is 21.1 Å². The van der Waals surface area contributed by atoms with Gasteiger partial charge in [0.2, 0.25) is 0 Å². The minimum Gasteiger partial charge on any atom is -0.334 e. The molecule has 0 saturated carbocycles. The van der Waals surface area contributed by atoms with Crippen molar-refractivity contribution in [2.24, 2.45) is 5.73 Å². The third-order valence-electron chi connectivity index (χ3n) is 2.23. The Morgan fingerprint density at radius 1 is 1.41 bits per heavy atom. The van der Waals surface area contributed by atoms with E-state index in [2.05, 4.69) is 26.1 Å². The van der Waals surface area contributed by atoms with Crippen molar-refractivity contribution in [2.45, 2.75) is 12.8 Å². The number of hydrogen-bond donors (Lipinski definition) is 1. The molecule has 0 saturated heterocycles. The third-order valence-corrected chi connectivity index (χ3v) is 2.72. The van der Waals surface area contributed by atoms with Crippen molar-refractivity contribution in [2.75, 3.05) is 6.54 Å². The molecule has 0 aliphatic rings. The summed E-state index contributed by atoms with van der Waals surface area (Å²) in [5, 5.41) is 3.78. The molecule has 0 unspecified atom stereocenters. The fraction of sp³-hybridized carbons (Fsp3) is 0.273. The molecule has 0 atom stereocenters. The van der Waals surface area contributed by atoms with E-state index in [1.807, 2.05) is 0 Å². The molecule has 2 N–H and O–H groups in total. The standard InChI is InChI=1S/C11H11BrFN3O/c12-7-3-4-9(13)8(6-7)11-15-10(16-17-11)2-1-5-14/h3-4,6H,1-2,5,14H2. The Balaban J connectivity index is 2.27. The van der Waals surface area contributed by atoms with Crippen LogP contribution in [0.1, 0.15) is 12.2 Å². The predicted molar refractivity (Wildman–Crippen MR) is 64.8 cm³/mol. The number of aromatic nitrogens is 2. The highest BCUT2D eigenvalue weighted by Gasteiger charge is 2.13. The van der Waals surface area contributed by atoms with E-state index in [0.29, 0.717) is 24.4 Å². The van der Waals surface area contributed by atoms with Crippen LogP contribution in [-0.2, 0) is 6.42 Å². The zero-order valence-electron chi connectivity index (χ0n) is 8.99. The predicted octanol–water partition coefficient (Wildman–Crippen LogP) is 2.53. The van der Waals surface area contributed by atoms with E-state index in [-0.39, 0.29) is 11.7 Å². The zero-order chi connectivity index (χ0) is 12.3. The maximum atomic E-state index is 13.5. The summed E-state index contributed by atoms with van der Waals surface area (Å²) in [4.78, 5) is 4.13. The molecule has 0 bridgehead atoms. The van der Waals surface area contributed by atoms with Crippen molar-refractivity contribution >= 4 is 15.9 Å². The molecule has 2 rings (SSSR count). The first-order chi connectivity index (χ1) is 8.20. The van der Waals surface area contributed by atoms with Crippen LogP contribution in [0, 0.1) is 5.82 Å².